The Labute approximate surface area is 194 Å². The lowest BCUT2D eigenvalue weighted by Crippen LogP contribution is -2.47. The van der Waals surface area contributed by atoms with Crippen molar-refractivity contribution in [2.24, 2.45) is 7.05 Å². The lowest BCUT2D eigenvalue weighted by molar-refractivity contribution is -0.137. The molecule has 9 nitrogen and oxygen atoms in total. The number of hydrogen-bond acceptors (Lipinski definition) is 6. The summed E-state index contributed by atoms with van der Waals surface area (Å²) in [6.45, 7) is 4.95. The molecule has 0 spiro atoms. The average Bonchev–Trinajstić information content (AvgIpc) is 3.39. The van der Waals surface area contributed by atoms with Crippen LogP contribution < -0.4 is 0 Å². The average molecular weight is 474 g/mol. The maximum Gasteiger partial charge on any atom is 0.416 e. The third-order valence-corrected chi connectivity index (χ3v) is 5.58. The third kappa shape index (κ3) is 5.87. The van der Waals surface area contributed by atoms with Gasteiger partial charge in [0.25, 0.3) is 0 Å². The first-order valence-corrected chi connectivity index (χ1v) is 10.8. The fourth-order valence-corrected chi connectivity index (χ4v) is 3.79. The van der Waals surface area contributed by atoms with Crippen molar-refractivity contribution in [1.82, 2.24) is 39.8 Å². The molecule has 2 aromatic heterocycles. The fraction of sp³-hybridized carbons (Fsp3) is 0.409. The molecule has 1 aliphatic rings. The maximum absolute atomic E-state index is 13.2. The van der Waals surface area contributed by atoms with Gasteiger partial charge in [-0.2, -0.15) is 23.1 Å². The van der Waals surface area contributed by atoms with Crippen LogP contribution in [0.3, 0.4) is 0 Å². The van der Waals surface area contributed by atoms with E-state index in [4.69, 9.17) is 0 Å². The van der Waals surface area contributed by atoms with Crippen LogP contribution in [0.2, 0.25) is 0 Å². The second-order valence-corrected chi connectivity index (χ2v) is 8.19. The van der Waals surface area contributed by atoms with Gasteiger partial charge in [0.2, 0.25) is 5.91 Å². The summed E-state index contributed by atoms with van der Waals surface area (Å²) in [6, 6.07) is 5.39. The Morgan fingerprint density at radius 2 is 1.85 bits per heavy atom. The van der Waals surface area contributed by atoms with Gasteiger partial charge in [0.1, 0.15) is 0 Å². The van der Waals surface area contributed by atoms with Crippen molar-refractivity contribution in [3.05, 3.63) is 64.7 Å². The van der Waals surface area contributed by atoms with Crippen molar-refractivity contribution < 1.29 is 18.0 Å². The molecule has 0 atom stereocenters. The van der Waals surface area contributed by atoms with E-state index in [1.54, 1.807) is 22.6 Å². The van der Waals surface area contributed by atoms with E-state index in [9.17, 15) is 18.0 Å². The lowest BCUT2D eigenvalue weighted by Gasteiger charge is -2.33. The molecule has 1 amide bonds. The maximum atomic E-state index is 13.2. The van der Waals surface area contributed by atoms with Crippen molar-refractivity contribution in [3.8, 4) is 0 Å². The molecular formula is C22H25F3N8O. The number of carbonyl (C=O) groups excluding carboxylic acids is 1. The Bertz CT molecular complexity index is 1180. The highest BCUT2D eigenvalue weighted by atomic mass is 19.4. The molecule has 180 valence electrons. The van der Waals surface area contributed by atoms with Crippen molar-refractivity contribution in [2.45, 2.75) is 26.2 Å². The monoisotopic (exact) mass is 474 g/mol. The Balaban J connectivity index is 1.42. The SMILES string of the molecule is Cc1nnn(Cc2cc(C(F)(F)F)ccc2C=CC(=O)N2CCN(Cc3ccn(C)n3)CC2)n1. The van der Waals surface area contributed by atoms with Crippen LogP contribution in [0, 0.1) is 6.92 Å². The molecule has 0 unspecified atom stereocenters. The number of amides is 1. The minimum Gasteiger partial charge on any atom is -0.337 e. The number of carbonyl (C=O) groups is 1. The van der Waals surface area contributed by atoms with Crippen LogP contribution in [0.1, 0.15) is 28.2 Å². The number of tetrazole rings is 1. The van der Waals surface area contributed by atoms with E-state index in [1.165, 1.54) is 16.9 Å². The first-order chi connectivity index (χ1) is 16.2. The normalized spacial score (nSPS) is 15.4. The molecule has 0 radical (unpaired) electrons. The third-order valence-electron chi connectivity index (χ3n) is 5.58. The molecule has 1 fully saturated rings. The number of benzene rings is 1. The summed E-state index contributed by atoms with van der Waals surface area (Å²) in [4.78, 5) is 17.9. The molecule has 1 saturated heterocycles. The lowest BCUT2D eigenvalue weighted by atomic mass is 10.0. The molecule has 1 aliphatic heterocycles. The Morgan fingerprint density at radius 3 is 2.47 bits per heavy atom. The predicted octanol–water partition coefficient (Wildman–Crippen LogP) is 2.14. The zero-order valence-corrected chi connectivity index (χ0v) is 18.9. The quantitative estimate of drug-likeness (QED) is 0.509. The Hall–Kier alpha value is -3.54. The van der Waals surface area contributed by atoms with Crippen molar-refractivity contribution in [2.75, 3.05) is 26.2 Å². The van der Waals surface area contributed by atoms with Gasteiger partial charge in [0.15, 0.2) is 5.82 Å². The van der Waals surface area contributed by atoms with E-state index in [0.717, 1.165) is 37.5 Å². The van der Waals surface area contributed by atoms with Crippen molar-refractivity contribution in [1.29, 1.82) is 0 Å². The summed E-state index contributed by atoms with van der Waals surface area (Å²) < 4.78 is 41.5. The van der Waals surface area contributed by atoms with Gasteiger partial charge in [0, 0.05) is 52.0 Å². The molecule has 1 aromatic carbocycles. The highest BCUT2D eigenvalue weighted by molar-refractivity contribution is 5.92. The van der Waals surface area contributed by atoms with E-state index >= 15 is 0 Å². The van der Waals surface area contributed by atoms with E-state index in [2.05, 4.69) is 25.4 Å². The Kier molecular flexibility index (Phi) is 6.77. The van der Waals surface area contributed by atoms with Gasteiger partial charge in [-0.25, -0.2) is 0 Å². The summed E-state index contributed by atoms with van der Waals surface area (Å²) >= 11 is 0. The molecule has 0 saturated carbocycles. The van der Waals surface area contributed by atoms with Crippen molar-refractivity contribution >= 4 is 12.0 Å². The van der Waals surface area contributed by atoms with Gasteiger partial charge in [0.05, 0.1) is 17.8 Å². The highest BCUT2D eigenvalue weighted by Crippen LogP contribution is 2.31. The number of piperazine rings is 1. The summed E-state index contributed by atoms with van der Waals surface area (Å²) in [7, 11) is 1.87. The van der Waals surface area contributed by atoms with Gasteiger partial charge in [-0.15, -0.1) is 10.2 Å². The first-order valence-electron chi connectivity index (χ1n) is 10.8. The van der Waals surface area contributed by atoms with Gasteiger partial charge < -0.3 is 4.90 Å². The van der Waals surface area contributed by atoms with Crippen LogP contribution in [0.25, 0.3) is 6.08 Å². The van der Waals surface area contributed by atoms with Crippen LogP contribution in [-0.2, 0) is 31.1 Å². The minimum atomic E-state index is -4.48. The molecule has 12 heteroatoms. The second-order valence-electron chi connectivity index (χ2n) is 8.19. The molecule has 0 bridgehead atoms. The van der Waals surface area contributed by atoms with Crippen LogP contribution >= 0.6 is 0 Å². The number of aryl methyl sites for hydroxylation is 2. The smallest absolute Gasteiger partial charge is 0.337 e. The fourth-order valence-electron chi connectivity index (χ4n) is 3.79. The molecule has 0 N–H and O–H groups in total. The standard InChI is InChI=1S/C22H25F3N8O/c1-16-26-29-33(27-16)14-18-13-19(22(23,24)25)5-3-17(18)4-6-21(34)32-11-9-31(10-12-32)15-20-7-8-30(2)28-20/h3-8,13H,9-12,14-15H2,1-2H3. The highest BCUT2D eigenvalue weighted by Gasteiger charge is 2.31. The molecule has 0 aliphatic carbocycles. The van der Waals surface area contributed by atoms with E-state index < -0.39 is 11.7 Å². The number of alkyl halides is 3. The van der Waals surface area contributed by atoms with E-state index in [0.29, 0.717) is 30.0 Å². The summed E-state index contributed by atoms with van der Waals surface area (Å²) in [6.07, 6.45) is 0.366. The largest absolute Gasteiger partial charge is 0.416 e. The topological polar surface area (TPSA) is 85.0 Å². The molecular weight excluding hydrogens is 449 g/mol. The zero-order chi connectivity index (χ0) is 24.3. The van der Waals surface area contributed by atoms with Crippen LogP contribution in [0.4, 0.5) is 13.2 Å². The predicted molar refractivity (Wildman–Crippen MR) is 117 cm³/mol. The van der Waals surface area contributed by atoms with E-state index in [-0.39, 0.29) is 12.5 Å². The van der Waals surface area contributed by atoms with Gasteiger partial charge in [-0.1, -0.05) is 6.07 Å². The van der Waals surface area contributed by atoms with Gasteiger partial charge >= 0.3 is 6.18 Å². The summed E-state index contributed by atoms with van der Waals surface area (Å²) in [5, 5.41) is 16.0. The number of hydrogen-bond donors (Lipinski definition) is 0. The van der Waals surface area contributed by atoms with Crippen LogP contribution in [-0.4, -0.2) is 71.9 Å². The molecule has 34 heavy (non-hydrogen) atoms. The molecule has 3 aromatic rings. The second kappa shape index (κ2) is 9.75. The van der Waals surface area contributed by atoms with Gasteiger partial charge in [-0.05, 0) is 47.5 Å². The molecule has 3 heterocycles. The summed E-state index contributed by atoms with van der Waals surface area (Å²) in [5.41, 5.74) is 1.04. The van der Waals surface area contributed by atoms with Crippen LogP contribution in [0.15, 0.2) is 36.5 Å². The van der Waals surface area contributed by atoms with E-state index in [1.807, 2.05) is 19.3 Å². The van der Waals surface area contributed by atoms with Gasteiger partial charge in [-0.3, -0.25) is 14.4 Å². The Morgan fingerprint density at radius 1 is 1.09 bits per heavy atom. The van der Waals surface area contributed by atoms with Crippen molar-refractivity contribution in [3.63, 3.8) is 0 Å². The zero-order valence-electron chi connectivity index (χ0n) is 18.9. The number of rotatable bonds is 6. The number of halogens is 3. The number of aromatic nitrogens is 6. The van der Waals surface area contributed by atoms with Crippen LogP contribution in [0.5, 0.6) is 0 Å². The number of nitrogens with zero attached hydrogens (tertiary/aromatic N) is 8. The minimum absolute atomic E-state index is 0.00478. The molecule has 4 rings (SSSR count). The summed E-state index contributed by atoms with van der Waals surface area (Å²) in [5.74, 6) is 0.236. The first kappa shape index (κ1) is 23.6.